The summed E-state index contributed by atoms with van der Waals surface area (Å²) >= 11 is 0. The molecule has 0 bridgehead atoms. The van der Waals surface area contributed by atoms with Gasteiger partial charge in [-0.3, -0.25) is 4.79 Å². The normalized spacial score (nSPS) is 16.5. The number of carbonyl (C=O) groups is 2. The number of benzene rings is 2. The molecule has 0 aliphatic carbocycles. The van der Waals surface area contributed by atoms with Crippen molar-refractivity contribution in [3.63, 3.8) is 0 Å². The molecule has 7 nitrogen and oxygen atoms in total. The maximum absolute atomic E-state index is 13.4. The third-order valence-electron chi connectivity index (χ3n) is 6.23. The number of methoxy groups -OCH3 is 1. The molecule has 1 aliphatic heterocycles. The van der Waals surface area contributed by atoms with Crippen LogP contribution in [-0.2, 0) is 9.53 Å². The second kappa shape index (κ2) is 10.5. The van der Waals surface area contributed by atoms with Gasteiger partial charge in [0.2, 0.25) is 5.91 Å². The Morgan fingerprint density at radius 2 is 1.76 bits per heavy atom. The maximum Gasteiger partial charge on any atom is 0.407 e. The van der Waals surface area contributed by atoms with E-state index in [1.165, 1.54) is 12.7 Å². The summed E-state index contributed by atoms with van der Waals surface area (Å²) < 4.78 is 4.74. The van der Waals surface area contributed by atoms with Gasteiger partial charge in [0.1, 0.15) is 11.9 Å². The lowest BCUT2D eigenvalue weighted by molar-refractivity contribution is -0.134. The summed E-state index contributed by atoms with van der Waals surface area (Å²) in [5.74, 6) is 0.933. The maximum atomic E-state index is 13.4. The van der Waals surface area contributed by atoms with Crippen LogP contribution in [0.2, 0.25) is 0 Å². The number of rotatable bonds is 7. The van der Waals surface area contributed by atoms with Crippen LogP contribution in [0.3, 0.4) is 0 Å². The highest BCUT2D eigenvalue weighted by Crippen LogP contribution is 2.33. The number of hydrogen-bond donors (Lipinski definition) is 2. The topological polar surface area (TPSA) is 87.3 Å². The summed E-state index contributed by atoms with van der Waals surface area (Å²) in [6, 6.07) is 17.9. The van der Waals surface area contributed by atoms with Crippen LogP contribution in [0.4, 0.5) is 4.79 Å². The highest BCUT2D eigenvalue weighted by atomic mass is 16.5. The summed E-state index contributed by atoms with van der Waals surface area (Å²) in [6.45, 7) is 4.70. The number of nitrogens with zero attached hydrogens (tertiary/aromatic N) is 2. The molecule has 7 heteroatoms. The molecule has 0 radical (unpaired) electrons. The number of amides is 2. The molecule has 4 rings (SSSR count). The lowest BCUT2D eigenvalue weighted by Crippen LogP contribution is -2.49. The fourth-order valence-electron chi connectivity index (χ4n) is 4.53. The summed E-state index contributed by atoms with van der Waals surface area (Å²) in [4.78, 5) is 35.1. The molecule has 2 atom stereocenters. The number of hydrogen-bond acceptors (Lipinski definition) is 4. The first kappa shape index (κ1) is 23.5. The molecule has 1 aliphatic rings. The van der Waals surface area contributed by atoms with Crippen LogP contribution in [0.25, 0.3) is 22.4 Å². The van der Waals surface area contributed by atoms with E-state index in [-0.39, 0.29) is 17.9 Å². The standard InChI is InChI=1S/C27H32N4O3/c1-18(2)16-22(30-27(33)34-3)26(32)31-15-7-10-24(31)25-28-17-23(29-25)21-13-11-20(12-14-21)19-8-5-4-6-9-19/h4-6,8-9,11-14,17-18,22,24H,7,10,15-16H2,1-3H3,(H,28,29)(H,30,33)/t22-,24?/m0/s1. The van der Waals surface area contributed by atoms with Crippen LogP contribution in [0, 0.1) is 5.92 Å². The van der Waals surface area contributed by atoms with Crippen LogP contribution in [-0.4, -0.2) is 46.6 Å². The molecular weight excluding hydrogens is 428 g/mol. The molecule has 34 heavy (non-hydrogen) atoms. The quantitative estimate of drug-likeness (QED) is 0.509. The predicted molar refractivity (Wildman–Crippen MR) is 132 cm³/mol. The van der Waals surface area contributed by atoms with Crippen molar-refractivity contribution in [1.29, 1.82) is 0 Å². The third-order valence-corrected chi connectivity index (χ3v) is 6.23. The molecule has 2 amide bonds. The molecule has 1 saturated heterocycles. The van der Waals surface area contributed by atoms with E-state index < -0.39 is 12.1 Å². The van der Waals surface area contributed by atoms with Gasteiger partial charge in [0.25, 0.3) is 0 Å². The molecule has 0 saturated carbocycles. The Bertz CT molecular complexity index is 1110. The lowest BCUT2D eigenvalue weighted by Gasteiger charge is -2.29. The molecule has 1 unspecified atom stereocenters. The number of ether oxygens (including phenoxy) is 1. The number of aromatic amines is 1. The monoisotopic (exact) mass is 460 g/mol. The zero-order chi connectivity index (χ0) is 24.1. The van der Waals surface area contributed by atoms with Gasteiger partial charge >= 0.3 is 6.09 Å². The summed E-state index contributed by atoms with van der Waals surface area (Å²) in [7, 11) is 1.31. The average molecular weight is 461 g/mol. The Balaban J connectivity index is 1.50. The van der Waals surface area contributed by atoms with Crippen LogP contribution >= 0.6 is 0 Å². The number of H-pyrrole nitrogens is 1. The first-order valence-electron chi connectivity index (χ1n) is 11.8. The van der Waals surface area contributed by atoms with E-state index in [0.29, 0.717) is 13.0 Å². The van der Waals surface area contributed by atoms with Crippen molar-refractivity contribution in [3.8, 4) is 22.4 Å². The summed E-state index contributed by atoms with van der Waals surface area (Å²) in [6.07, 6.45) is 3.51. The van der Waals surface area contributed by atoms with E-state index in [9.17, 15) is 9.59 Å². The van der Waals surface area contributed by atoms with Crippen molar-refractivity contribution in [2.45, 2.75) is 45.2 Å². The Kier molecular flexibility index (Phi) is 7.30. The fraction of sp³-hybridized carbons (Fsp3) is 0.370. The third kappa shape index (κ3) is 5.30. The van der Waals surface area contributed by atoms with Gasteiger partial charge in [0.05, 0.1) is 25.0 Å². The Morgan fingerprint density at radius 3 is 2.44 bits per heavy atom. The van der Waals surface area contributed by atoms with Gasteiger partial charge in [-0.2, -0.15) is 0 Å². The Morgan fingerprint density at radius 1 is 1.09 bits per heavy atom. The smallest absolute Gasteiger partial charge is 0.407 e. The zero-order valence-corrected chi connectivity index (χ0v) is 20.0. The number of carbonyl (C=O) groups excluding carboxylic acids is 2. The van der Waals surface area contributed by atoms with Gasteiger partial charge in [-0.25, -0.2) is 9.78 Å². The summed E-state index contributed by atoms with van der Waals surface area (Å²) in [5, 5.41) is 2.71. The molecule has 3 aromatic rings. The molecule has 2 N–H and O–H groups in total. The average Bonchev–Trinajstić information content (AvgIpc) is 3.53. The van der Waals surface area contributed by atoms with Gasteiger partial charge < -0.3 is 19.9 Å². The van der Waals surface area contributed by atoms with E-state index in [0.717, 1.165) is 35.5 Å². The number of imidazole rings is 1. The van der Waals surface area contributed by atoms with Crippen LogP contribution in [0.1, 0.15) is 45.0 Å². The minimum atomic E-state index is -0.618. The molecule has 2 heterocycles. The van der Waals surface area contributed by atoms with E-state index in [1.807, 2.05) is 43.1 Å². The lowest BCUT2D eigenvalue weighted by atomic mass is 10.0. The fourth-order valence-corrected chi connectivity index (χ4v) is 4.53. The van der Waals surface area contributed by atoms with Gasteiger partial charge in [-0.15, -0.1) is 0 Å². The molecule has 2 aromatic carbocycles. The van der Waals surface area contributed by atoms with Crippen molar-refractivity contribution in [2.75, 3.05) is 13.7 Å². The minimum Gasteiger partial charge on any atom is -0.453 e. The van der Waals surface area contributed by atoms with Crippen LogP contribution in [0.5, 0.6) is 0 Å². The first-order valence-corrected chi connectivity index (χ1v) is 11.8. The second-order valence-corrected chi connectivity index (χ2v) is 9.13. The largest absolute Gasteiger partial charge is 0.453 e. The minimum absolute atomic E-state index is 0.0910. The molecule has 1 aromatic heterocycles. The zero-order valence-electron chi connectivity index (χ0n) is 20.0. The number of likely N-dealkylation sites (tertiary alicyclic amines) is 1. The molecule has 178 valence electrons. The van der Waals surface area contributed by atoms with Crippen LogP contribution in [0.15, 0.2) is 60.8 Å². The molecular formula is C27H32N4O3. The van der Waals surface area contributed by atoms with Gasteiger partial charge in [-0.05, 0) is 41.9 Å². The van der Waals surface area contributed by atoms with Crippen molar-refractivity contribution in [2.24, 2.45) is 5.92 Å². The highest BCUT2D eigenvalue weighted by molar-refractivity contribution is 5.86. The van der Waals surface area contributed by atoms with E-state index in [2.05, 4.69) is 51.7 Å². The van der Waals surface area contributed by atoms with Crippen molar-refractivity contribution in [3.05, 3.63) is 66.6 Å². The molecule has 1 fully saturated rings. The second-order valence-electron chi connectivity index (χ2n) is 9.13. The number of nitrogens with one attached hydrogen (secondary N) is 2. The van der Waals surface area contributed by atoms with Crippen molar-refractivity contribution in [1.82, 2.24) is 20.2 Å². The Labute approximate surface area is 200 Å². The van der Waals surface area contributed by atoms with Gasteiger partial charge in [-0.1, -0.05) is 68.4 Å². The van der Waals surface area contributed by atoms with E-state index in [4.69, 9.17) is 4.74 Å². The highest BCUT2D eigenvalue weighted by Gasteiger charge is 2.36. The SMILES string of the molecule is COC(=O)N[C@@H](CC(C)C)C(=O)N1CCCC1c1ncc(-c2ccc(-c3ccccc3)cc2)[nH]1. The number of aromatic nitrogens is 2. The Hall–Kier alpha value is -3.61. The molecule has 0 spiro atoms. The first-order chi connectivity index (χ1) is 16.5. The van der Waals surface area contributed by atoms with Gasteiger partial charge in [0.15, 0.2) is 0 Å². The number of alkyl carbamates (subject to hydrolysis) is 1. The predicted octanol–water partition coefficient (Wildman–Crippen LogP) is 5.18. The summed E-state index contributed by atoms with van der Waals surface area (Å²) in [5.41, 5.74) is 4.29. The van der Waals surface area contributed by atoms with Gasteiger partial charge in [0, 0.05) is 6.54 Å². The van der Waals surface area contributed by atoms with E-state index in [1.54, 1.807) is 0 Å². The van der Waals surface area contributed by atoms with Crippen LogP contribution < -0.4 is 5.32 Å². The van der Waals surface area contributed by atoms with Crippen molar-refractivity contribution < 1.29 is 14.3 Å². The van der Waals surface area contributed by atoms with Crippen molar-refractivity contribution >= 4 is 12.0 Å². The van der Waals surface area contributed by atoms with E-state index >= 15 is 0 Å².